The molecule has 0 heterocycles. The van der Waals surface area contributed by atoms with Gasteiger partial charge in [0.15, 0.2) is 0 Å². The summed E-state index contributed by atoms with van der Waals surface area (Å²) in [5.41, 5.74) is 25.7. The van der Waals surface area contributed by atoms with Crippen LogP contribution in [0.15, 0.2) is 315 Å². The van der Waals surface area contributed by atoms with Crippen molar-refractivity contribution in [2.75, 3.05) is 0 Å². The first-order valence-electron chi connectivity index (χ1n) is 29.2. The summed E-state index contributed by atoms with van der Waals surface area (Å²) in [6, 6.07) is 108. The van der Waals surface area contributed by atoms with Crippen LogP contribution in [0, 0.1) is 5.92 Å². The van der Waals surface area contributed by atoms with Crippen LogP contribution in [-0.4, -0.2) is 0 Å². The molecule has 5 atom stereocenters. The van der Waals surface area contributed by atoms with Crippen LogP contribution in [-0.2, 0) is 16.2 Å². The van der Waals surface area contributed by atoms with Gasteiger partial charge in [-0.15, -0.1) is 0 Å². The molecule has 0 spiro atoms. The Balaban J connectivity index is 1.07. The van der Waals surface area contributed by atoms with E-state index in [1.807, 2.05) is 0 Å². The van der Waals surface area contributed by atoms with Gasteiger partial charge in [0, 0.05) is 11.3 Å². The van der Waals surface area contributed by atoms with Gasteiger partial charge in [0.1, 0.15) is 0 Å². The summed E-state index contributed by atoms with van der Waals surface area (Å²) in [7, 11) is 0. The molecule has 0 radical (unpaired) electrons. The second-order valence-corrected chi connectivity index (χ2v) is 23.2. The van der Waals surface area contributed by atoms with Crippen LogP contribution < -0.4 is 0 Å². The molecule has 0 aromatic heterocycles. The maximum atomic E-state index is 2.73. The molecule has 5 aliphatic rings. The fourth-order valence-corrected chi connectivity index (χ4v) is 16.3. The molecule has 0 heteroatoms. The lowest BCUT2D eigenvalue weighted by Crippen LogP contribution is -2.38. The van der Waals surface area contributed by atoms with E-state index in [0.717, 1.165) is 19.3 Å². The van der Waals surface area contributed by atoms with Gasteiger partial charge in [0.05, 0.1) is 10.8 Å². The second-order valence-electron chi connectivity index (χ2n) is 23.2. The molecule has 0 fully saturated rings. The van der Waals surface area contributed by atoms with Crippen LogP contribution in [0.25, 0.3) is 44.5 Å². The molecular formula is C81H60. The minimum atomic E-state index is -0.702. The second kappa shape index (κ2) is 18.9. The van der Waals surface area contributed by atoms with Crippen molar-refractivity contribution in [3.8, 4) is 44.5 Å². The largest absolute Gasteiger partial charge is 0.0882 e. The third-order valence-corrected chi connectivity index (χ3v) is 19.6. The molecule has 0 amide bonds. The van der Waals surface area contributed by atoms with E-state index in [-0.39, 0.29) is 11.8 Å². The summed E-state index contributed by atoms with van der Waals surface area (Å²) in [5.74, 6) is 0.831. The first-order valence-corrected chi connectivity index (χ1v) is 29.2. The van der Waals surface area contributed by atoms with E-state index in [0.29, 0.717) is 5.92 Å². The Hall–Kier alpha value is -9.36. The van der Waals surface area contributed by atoms with Gasteiger partial charge in [-0.1, -0.05) is 309 Å². The van der Waals surface area contributed by atoms with Gasteiger partial charge in [-0.3, -0.25) is 0 Å². The van der Waals surface area contributed by atoms with Crippen LogP contribution in [0.2, 0.25) is 0 Å². The van der Waals surface area contributed by atoms with Crippen LogP contribution in [0.3, 0.4) is 0 Å². The number of rotatable bonds is 9. The highest BCUT2D eigenvalue weighted by atomic mass is 14.6. The monoisotopic (exact) mass is 1030 g/mol. The molecule has 384 valence electrons. The maximum absolute atomic E-state index is 2.73. The maximum Gasteiger partial charge on any atom is 0.0713 e. The van der Waals surface area contributed by atoms with Gasteiger partial charge >= 0.3 is 0 Å². The minimum absolute atomic E-state index is 0.221. The SMILES string of the molecule is C1=CCC2C(=C1)C(c1ccc(-c3ccccc3)cc1)(c1cc(C3(c4ccc(-c5ccccc5)cc4)c4ccccc4-c4ccccc43)cc(C3(c4ccc(-c5ccccc5)cc4)c4ccccc4C4CC=CCC43)c1)c1ccccc12. The molecule has 0 N–H and O–H groups in total. The van der Waals surface area contributed by atoms with Gasteiger partial charge < -0.3 is 0 Å². The first kappa shape index (κ1) is 47.6. The summed E-state index contributed by atoms with van der Waals surface area (Å²) < 4.78 is 0. The average Bonchev–Trinajstić information content (AvgIpc) is 2.97. The molecule has 5 unspecified atom stereocenters. The van der Waals surface area contributed by atoms with E-state index in [1.54, 1.807) is 0 Å². The van der Waals surface area contributed by atoms with E-state index in [9.17, 15) is 0 Å². The zero-order chi connectivity index (χ0) is 53.5. The normalized spacial score (nSPS) is 21.2. The number of hydrogen-bond acceptors (Lipinski definition) is 0. The Bertz CT molecular complexity index is 4250. The molecule has 0 aliphatic heterocycles. The summed E-state index contributed by atoms with van der Waals surface area (Å²) in [4.78, 5) is 0. The molecule has 0 bridgehead atoms. The van der Waals surface area contributed by atoms with Crippen LogP contribution >= 0.6 is 0 Å². The van der Waals surface area contributed by atoms with E-state index < -0.39 is 16.2 Å². The Kier molecular flexibility index (Phi) is 11.1. The third-order valence-electron chi connectivity index (χ3n) is 19.6. The van der Waals surface area contributed by atoms with E-state index in [4.69, 9.17) is 0 Å². The highest BCUT2D eigenvalue weighted by molar-refractivity contribution is 5.87. The van der Waals surface area contributed by atoms with Crippen molar-refractivity contribution in [3.05, 3.63) is 382 Å². The minimum Gasteiger partial charge on any atom is -0.0882 e. The summed E-state index contributed by atoms with van der Waals surface area (Å²) in [6.45, 7) is 0. The van der Waals surface area contributed by atoms with Crippen molar-refractivity contribution in [1.29, 1.82) is 0 Å². The first-order chi connectivity index (χ1) is 40.2. The molecule has 0 saturated heterocycles. The fraction of sp³-hybridized carbons (Fsp3) is 0.111. The smallest absolute Gasteiger partial charge is 0.0713 e. The number of fused-ring (bicyclic) bond motifs is 9. The molecule has 16 rings (SSSR count). The van der Waals surface area contributed by atoms with Crippen molar-refractivity contribution in [1.82, 2.24) is 0 Å². The predicted molar refractivity (Wildman–Crippen MR) is 335 cm³/mol. The number of benzene rings is 11. The van der Waals surface area contributed by atoms with E-state index in [1.165, 1.54) is 117 Å². The molecular weight excluding hydrogens is 973 g/mol. The fourth-order valence-electron chi connectivity index (χ4n) is 16.3. The number of allylic oxidation sites excluding steroid dienone is 6. The lowest BCUT2D eigenvalue weighted by molar-refractivity contribution is 0.340. The summed E-state index contributed by atoms with van der Waals surface area (Å²) >= 11 is 0. The third kappa shape index (κ3) is 6.96. The quantitative estimate of drug-likeness (QED) is 0.126. The number of hydrogen-bond donors (Lipinski definition) is 0. The summed E-state index contributed by atoms with van der Waals surface area (Å²) in [6.07, 6.45) is 15.1. The van der Waals surface area contributed by atoms with Crippen molar-refractivity contribution in [2.24, 2.45) is 5.92 Å². The summed E-state index contributed by atoms with van der Waals surface area (Å²) in [5, 5.41) is 0. The molecule has 0 nitrogen and oxygen atoms in total. The average molecular weight is 1030 g/mol. The van der Waals surface area contributed by atoms with E-state index >= 15 is 0 Å². The van der Waals surface area contributed by atoms with Crippen LogP contribution in [0.4, 0.5) is 0 Å². The highest BCUT2D eigenvalue weighted by Gasteiger charge is 2.57. The van der Waals surface area contributed by atoms with Gasteiger partial charge in [-0.25, -0.2) is 0 Å². The van der Waals surface area contributed by atoms with Crippen LogP contribution in [0.1, 0.15) is 97.9 Å². The van der Waals surface area contributed by atoms with Gasteiger partial charge in [0.25, 0.3) is 0 Å². The van der Waals surface area contributed by atoms with Crippen LogP contribution in [0.5, 0.6) is 0 Å². The zero-order valence-corrected chi connectivity index (χ0v) is 45.3. The lowest BCUT2D eigenvalue weighted by atomic mass is 9.58. The van der Waals surface area contributed by atoms with Crippen molar-refractivity contribution in [2.45, 2.75) is 47.3 Å². The topological polar surface area (TPSA) is 0 Å². The Morgan fingerprint density at radius 3 is 1.27 bits per heavy atom. The molecule has 0 saturated carbocycles. The van der Waals surface area contributed by atoms with Crippen molar-refractivity contribution >= 4 is 0 Å². The standard InChI is InChI=1S/C81H60/c1-4-22-55(23-5-1)58-40-46-61(47-41-58)79(73-34-16-10-28-67(73)68-29-11-17-35-74(68)79)64-52-65(80(62-48-42-59(43-49-62)56-24-6-2-7-25-56)75-36-18-12-30-69(75)70-31-13-19-37-76(70)80)54-66(53-64)81(63-50-44-60(45-51-63)57-26-8-3-9-27-57)77-38-20-14-32-71(77)72-33-15-21-39-78(72)81/h1-30,32,34-38,40-54,70,72,78H,31,33,39H2. The molecule has 11 aromatic rings. The zero-order valence-electron chi connectivity index (χ0n) is 45.3. The molecule has 5 aliphatic carbocycles. The highest BCUT2D eigenvalue weighted by Crippen LogP contribution is 2.66. The molecule has 81 heavy (non-hydrogen) atoms. The van der Waals surface area contributed by atoms with Gasteiger partial charge in [-0.2, -0.15) is 0 Å². The van der Waals surface area contributed by atoms with Gasteiger partial charge in [-0.05, 0) is 148 Å². The Morgan fingerprint density at radius 2 is 0.704 bits per heavy atom. The Morgan fingerprint density at radius 1 is 0.284 bits per heavy atom. The van der Waals surface area contributed by atoms with Crippen molar-refractivity contribution in [3.63, 3.8) is 0 Å². The Labute approximate surface area is 476 Å². The van der Waals surface area contributed by atoms with Gasteiger partial charge in [0.2, 0.25) is 0 Å². The van der Waals surface area contributed by atoms with Crippen molar-refractivity contribution < 1.29 is 0 Å². The van der Waals surface area contributed by atoms with E-state index in [2.05, 4.69) is 309 Å². The molecule has 11 aromatic carbocycles. The predicted octanol–water partition coefficient (Wildman–Crippen LogP) is 19.8. The lowest BCUT2D eigenvalue weighted by Gasteiger charge is -2.44.